The number of hydrogen-bond acceptors (Lipinski definition) is 0. The first kappa shape index (κ1) is 15.6. The molecule has 1 rings (SSSR count). The smallest absolute Gasteiger partial charge is 0.127 e. The summed E-state index contributed by atoms with van der Waals surface area (Å²) in [5, 5.41) is 0. The van der Waals surface area contributed by atoms with Crippen LogP contribution in [-0.2, 0) is 0 Å². The second kappa shape index (κ2) is 8.63. The van der Waals surface area contributed by atoms with Crippen LogP contribution >= 0.6 is 15.9 Å². The molecule has 0 radical (unpaired) electrons. The Hall–Kier alpha value is -0.440. The Labute approximate surface area is 117 Å². The summed E-state index contributed by atoms with van der Waals surface area (Å²) >= 11 is 3.45. The van der Waals surface area contributed by atoms with Crippen LogP contribution in [0.15, 0.2) is 18.2 Å². The van der Waals surface area contributed by atoms with Crippen LogP contribution in [0.2, 0.25) is 0 Å². The Morgan fingerprint density at radius 3 is 2.44 bits per heavy atom. The fraction of sp³-hybridized carbons (Fsp3) is 0.600. The van der Waals surface area contributed by atoms with Gasteiger partial charge in [0.15, 0.2) is 0 Å². The number of halogens is 3. The average molecular weight is 319 g/mol. The third kappa shape index (κ3) is 5.47. The second-order valence-corrected chi connectivity index (χ2v) is 5.80. The van der Waals surface area contributed by atoms with Gasteiger partial charge in [-0.1, -0.05) is 61.4 Å². The lowest BCUT2D eigenvalue weighted by Crippen LogP contribution is -1.96. The molecular weight excluding hydrogens is 298 g/mol. The van der Waals surface area contributed by atoms with Gasteiger partial charge in [-0.15, -0.1) is 0 Å². The molecule has 0 N–H and O–H groups in total. The molecule has 0 aromatic heterocycles. The molecule has 0 aliphatic heterocycles. The molecule has 102 valence electrons. The van der Waals surface area contributed by atoms with Crippen LogP contribution < -0.4 is 0 Å². The zero-order valence-electron chi connectivity index (χ0n) is 10.9. The van der Waals surface area contributed by atoms with Gasteiger partial charge in [-0.2, -0.15) is 0 Å². The molecule has 0 fully saturated rings. The van der Waals surface area contributed by atoms with Crippen molar-refractivity contribution in [2.24, 2.45) is 0 Å². The van der Waals surface area contributed by atoms with Crippen molar-refractivity contribution in [1.29, 1.82) is 0 Å². The first-order valence-corrected chi connectivity index (χ1v) is 7.65. The van der Waals surface area contributed by atoms with Gasteiger partial charge in [0.1, 0.15) is 11.6 Å². The van der Waals surface area contributed by atoms with Crippen molar-refractivity contribution in [1.82, 2.24) is 0 Å². The van der Waals surface area contributed by atoms with Crippen molar-refractivity contribution in [3.63, 3.8) is 0 Å². The monoisotopic (exact) mass is 318 g/mol. The van der Waals surface area contributed by atoms with Gasteiger partial charge in [0.25, 0.3) is 0 Å². The van der Waals surface area contributed by atoms with E-state index in [1.165, 1.54) is 44.2 Å². The fourth-order valence-corrected chi connectivity index (χ4v) is 2.69. The van der Waals surface area contributed by atoms with Gasteiger partial charge in [-0.05, 0) is 24.6 Å². The zero-order valence-corrected chi connectivity index (χ0v) is 12.5. The molecule has 18 heavy (non-hydrogen) atoms. The molecule has 0 saturated heterocycles. The topological polar surface area (TPSA) is 0 Å². The minimum absolute atomic E-state index is 0.0839. The highest BCUT2D eigenvalue weighted by Crippen LogP contribution is 2.31. The summed E-state index contributed by atoms with van der Waals surface area (Å²) in [5.41, 5.74) is 0.434. The summed E-state index contributed by atoms with van der Waals surface area (Å²) in [4.78, 5) is -0.0839. The van der Waals surface area contributed by atoms with E-state index in [1.54, 1.807) is 0 Å². The van der Waals surface area contributed by atoms with Crippen molar-refractivity contribution in [2.45, 2.75) is 56.7 Å². The molecular formula is C15H21BrF2. The summed E-state index contributed by atoms with van der Waals surface area (Å²) in [6.07, 6.45) is 8.12. The maximum Gasteiger partial charge on any atom is 0.127 e. The van der Waals surface area contributed by atoms with Crippen LogP contribution in [0.3, 0.4) is 0 Å². The largest absolute Gasteiger partial charge is 0.207 e. The van der Waals surface area contributed by atoms with Gasteiger partial charge >= 0.3 is 0 Å². The third-order valence-corrected chi connectivity index (χ3v) is 4.06. The lowest BCUT2D eigenvalue weighted by Gasteiger charge is -2.11. The Morgan fingerprint density at radius 1 is 1.06 bits per heavy atom. The maximum absolute atomic E-state index is 13.5. The molecule has 0 amide bonds. The SMILES string of the molecule is CCCCCCCCC(Br)c1cc(F)ccc1F. The number of unbranched alkanes of at least 4 members (excludes halogenated alkanes) is 5. The van der Waals surface area contributed by atoms with Crippen LogP contribution in [0.5, 0.6) is 0 Å². The van der Waals surface area contributed by atoms with Crippen LogP contribution in [0.4, 0.5) is 8.78 Å². The van der Waals surface area contributed by atoms with E-state index < -0.39 is 0 Å². The fourth-order valence-electron chi connectivity index (χ4n) is 2.01. The van der Waals surface area contributed by atoms with Crippen molar-refractivity contribution >= 4 is 15.9 Å². The van der Waals surface area contributed by atoms with Gasteiger partial charge in [-0.3, -0.25) is 0 Å². The Balaban J connectivity index is 2.31. The number of rotatable bonds is 8. The van der Waals surface area contributed by atoms with E-state index >= 15 is 0 Å². The number of benzene rings is 1. The molecule has 0 bridgehead atoms. The third-order valence-electron chi connectivity index (χ3n) is 3.11. The predicted octanol–water partition coefficient (Wildman–Crippen LogP) is 6.15. The molecule has 1 aromatic rings. The van der Waals surface area contributed by atoms with Crippen molar-refractivity contribution in [3.8, 4) is 0 Å². The van der Waals surface area contributed by atoms with E-state index in [4.69, 9.17) is 0 Å². The normalized spacial score (nSPS) is 12.7. The second-order valence-electron chi connectivity index (χ2n) is 4.69. The summed E-state index contributed by atoms with van der Waals surface area (Å²) in [7, 11) is 0. The van der Waals surface area contributed by atoms with Crippen molar-refractivity contribution in [2.75, 3.05) is 0 Å². The Morgan fingerprint density at radius 2 is 1.72 bits per heavy atom. The van der Waals surface area contributed by atoms with E-state index in [1.807, 2.05) is 0 Å². The molecule has 0 saturated carbocycles. The maximum atomic E-state index is 13.5. The van der Waals surface area contributed by atoms with Crippen molar-refractivity contribution < 1.29 is 8.78 Å². The molecule has 0 spiro atoms. The lowest BCUT2D eigenvalue weighted by atomic mass is 10.0. The molecule has 0 nitrogen and oxygen atoms in total. The molecule has 0 heterocycles. The highest BCUT2D eigenvalue weighted by atomic mass is 79.9. The minimum Gasteiger partial charge on any atom is -0.207 e. The van der Waals surface area contributed by atoms with E-state index in [2.05, 4.69) is 22.9 Å². The van der Waals surface area contributed by atoms with Gasteiger partial charge in [0.05, 0.1) is 0 Å². The number of hydrogen-bond donors (Lipinski definition) is 0. The van der Waals surface area contributed by atoms with Gasteiger partial charge in [0.2, 0.25) is 0 Å². The molecule has 1 aromatic carbocycles. The molecule has 1 unspecified atom stereocenters. The zero-order chi connectivity index (χ0) is 13.4. The summed E-state index contributed by atoms with van der Waals surface area (Å²) in [6.45, 7) is 2.20. The first-order chi connectivity index (χ1) is 8.65. The lowest BCUT2D eigenvalue weighted by molar-refractivity contribution is 0.561. The van der Waals surface area contributed by atoms with E-state index in [9.17, 15) is 8.78 Å². The molecule has 1 atom stereocenters. The van der Waals surface area contributed by atoms with Gasteiger partial charge in [0, 0.05) is 10.4 Å². The summed E-state index contributed by atoms with van der Waals surface area (Å²) < 4.78 is 26.5. The van der Waals surface area contributed by atoms with E-state index in [-0.39, 0.29) is 16.5 Å². The average Bonchev–Trinajstić information content (AvgIpc) is 2.36. The Bertz CT molecular complexity index is 352. The number of alkyl halides is 1. The minimum atomic E-state index is -0.376. The van der Waals surface area contributed by atoms with Crippen LogP contribution in [-0.4, -0.2) is 0 Å². The highest BCUT2D eigenvalue weighted by Gasteiger charge is 2.13. The standard InChI is InChI=1S/C15H21BrF2/c1-2-3-4-5-6-7-8-14(16)13-11-12(17)9-10-15(13)18/h9-11,14H,2-8H2,1H3. The summed E-state index contributed by atoms with van der Waals surface area (Å²) in [6, 6.07) is 3.63. The quantitative estimate of drug-likeness (QED) is 0.398. The van der Waals surface area contributed by atoms with Gasteiger partial charge < -0.3 is 0 Å². The van der Waals surface area contributed by atoms with Gasteiger partial charge in [-0.25, -0.2) is 8.78 Å². The molecule has 3 heteroatoms. The predicted molar refractivity (Wildman–Crippen MR) is 76.0 cm³/mol. The molecule has 0 aliphatic rings. The van der Waals surface area contributed by atoms with Crippen molar-refractivity contribution in [3.05, 3.63) is 35.4 Å². The van der Waals surface area contributed by atoms with Crippen LogP contribution in [0.1, 0.15) is 62.3 Å². The van der Waals surface area contributed by atoms with Crippen LogP contribution in [0, 0.1) is 11.6 Å². The molecule has 0 aliphatic carbocycles. The first-order valence-electron chi connectivity index (χ1n) is 6.74. The van der Waals surface area contributed by atoms with E-state index in [0.717, 1.165) is 18.9 Å². The summed E-state index contributed by atoms with van der Waals surface area (Å²) in [5.74, 6) is -0.706. The highest BCUT2D eigenvalue weighted by molar-refractivity contribution is 9.09. The Kier molecular flexibility index (Phi) is 7.48. The van der Waals surface area contributed by atoms with Crippen LogP contribution in [0.25, 0.3) is 0 Å². The van der Waals surface area contributed by atoms with E-state index in [0.29, 0.717) is 5.56 Å².